The van der Waals surface area contributed by atoms with Crippen molar-refractivity contribution >= 4 is 35.2 Å². The topological polar surface area (TPSA) is 81.8 Å². The third-order valence-corrected chi connectivity index (χ3v) is 3.37. The van der Waals surface area contributed by atoms with Crippen molar-refractivity contribution in [1.82, 2.24) is 0 Å². The maximum atomic E-state index is 11.9. The number of cyclic esters (lactones) is 1. The predicted molar refractivity (Wildman–Crippen MR) is 85.2 cm³/mol. The molecule has 2 aromatic carbocycles. The summed E-state index contributed by atoms with van der Waals surface area (Å²) in [4.78, 5) is 26.1. The Balaban J connectivity index is 1.88. The van der Waals surface area contributed by atoms with E-state index in [2.05, 4.69) is 4.99 Å². The second-order valence-electron chi connectivity index (χ2n) is 4.69. The molecule has 1 heterocycles. The van der Waals surface area contributed by atoms with Crippen LogP contribution in [0, 0.1) is 10.1 Å². The van der Waals surface area contributed by atoms with Crippen molar-refractivity contribution < 1.29 is 14.5 Å². The Bertz CT molecular complexity index is 839. The summed E-state index contributed by atoms with van der Waals surface area (Å²) in [7, 11) is 0. The number of non-ortho nitro benzene ring substituents is 1. The van der Waals surface area contributed by atoms with Crippen LogP contribution in [-0.4, -0.2) is 16.8 Å². The van der Waals surface area contributed by atoms with Crippen molar-refractivity contribution in [2.75, 3.05) is 0 Å². The Hall–Kier alpha value is -2.99. The molecular formula is C16H9ClN2O4. The van der Waals surface area contributed by atoms with Crippen LogP contribution in [-0.2, 0) is 9.53 Å². The summed E-state index contributed by atoms with van der Waals surface area (Å²) >= 11 is 5.81. The average Bonchev–Trinajstić information content (AvgIpc) is 2.91. The zero-order valence-corrected chi connectivity index (χ0v) is 12.4. The number of rotatable bonds is 3. The van der Waals surface area contributed by atoms with E-state index in [-0.39, 0.29) is 17.3 Å². The molecule has 6 nitrogen and oxygen atoms in total. The van der Waals surface area contributed by atoms with Crippen LogP contribution in [0.4, 0.5) is 5.69 Å². The van der Waals surface area contributed by atoms with Crippen molar-refractivity contribution in [2.45, 2.75) is 0 Å². The van der Waals surface area contributed by atoms with E-state index in [1.165, 1.54) is 24.3 Å². The van der Waals surface area contributed by atoms with Gasteiger partial charge in [-0.2, -0.15) is 0 Å². The van der Waals surface area contributed by atoms with Crippen LogP contribution in [0.2, 0.25) is 5.02 Å². The van der Waals surface area contributed by atoms with Crippen LogP contribution in [0.5, 0.6) is 0 Å². The first-order chi connectivity index (χ1) is 11.0. The number of aliphatic imine (C=N–C) groups is 1. The number of nitro benzene ring substituents is 1. The quantitative estimate of drug-likeness (QED) is 0.373. The lowest BCUT2D eigenvalue weighted by atomic mass is 10.2. The number of esters is 1. The minimum Gasteiger partial charge on any atom is -0.402 e. The van der Waals surface area contributed by atoms with Crippen LogP contribution < -0.4 is 0 Å². The van der Waals surface area contributed by atoms with Gasteiger partial charge in [-0.05, 0) is 35.9 Å². The number of nitrogens with zero attached hydrogens (tertiary/aromatic N) is 2. The Morgan fingerprint density at radius 2 is 1.74 bits per heavy atom. The molecule has 0 aromatic heterocycles. The highest BCUT2D eigenvalue weighted by molar-refractivity contribution is 6.30. The largest absolute Gasteiger partial charge is 0.402 e. The van der Waals surface area contributed by atoms with Gasteiger partial charge in [0, 0.05) is 22.7 Å². The molecular weight excluding hydrogens is 320 g/mol. The second kappa shape index (κ2) is 6.02. The summed E-state index contributed by atoms with van der Waals surface area (Å²) < 4.78 is 5.10. The zero-order valence-electron chi connectivity index (χ0n) is 11.6. The molecule has 0 atom stereocenters. The first-order valence-electron chi connectivity index (χ1n) is 6.56. The molecule has 0 spiro atoms. The third-order valence-electron chi connectivity index (χ3n) is 3.12. The highest BCUT2D eigenvalue weighted by atomic mass is 35.5. The van der Waals surface area contributed by atoms with Crippen LogP contribution in [0.15, 0.2) is 59.2 Å². The highest BCUT2D eigenvalue weighted by Gasteiger charge is 2.24. The lowest BCUT2D eigenvalue weighted by Crippen LogP contribution is -2.05. The number of nitro groups is 1. The molecule has 0 N–H and O–H groups in total. The molecule has 1 aliphatic heterocycles. The van der Waals surface area contributed by atoms with Gasteiger partial charge >= 0.3 is 5.97 Å². The van der Waals surface area contributed by atoms with E-state index in [4.69, 9.17) is 16.3 Å². The number of halogens is 1. The van der Waals surface area contributed by atoms with Gasteiger partial charge in [0.2, 0.25) is 5.90 Å². The lowest BCUT2D eigenvalue weighted by molar-refractivity contribution is -0.384. The van der Waals surface area contributed by atoms with Gasteiger partial charge in [0.05, 0.1) is 4.92 Å². The Morgan fingerprint density at radius 3 is 2.35 bits per heavy atom. The molecule has 114 valence electrons. The van der Waals surface area contributed by atoms with Gasteiger partial charge in [-0.3, -0.25) is 10.1 Å². The van der Waals surface area contributed by atoms with E-state index in [0.29, 0.717) is 10.6 Å². The fourth-order valence-corrected chi connectivity index (χ4v) is 2.10. The van der Waals surface area contributed by atoms with Gasteiger partial charge in [-0.25, -0.2) is 9.79 Å². The van der Waals surface area contributed by atoms with Crippen molar-refractivity contribution in [3.8, 4) is 0 Å². The van der Waals surface area contributed by atoms with E-state index in [1.807, 2.05) is 0 Å². The normalized spacial score (nSPS) is 15.4. The van der Waals surface area contributed by atoms with Gasteiger partial charge in [0.25, 0.3) is 5.69 Å². The summed E-state index contributed by atoms with van der Waals surface area (Å²) in [5, 5.41) is 11.2. The van der Waals surface area contributed by atoms with E-state index in [0.717, 1.165) is 5.56 Å². The average molecular weight is 329 g/mol. The summed E-state index contributed by atoms with van der Waals surface area (Å²) in [5.41, 5.74) is 1.36. The molecule has 0 fully saturated rings. The van der Waals surface area contributed by atoms with E-state index in [1.54, 1.807) is 30.3 Å². The SMILES string of the molecule is O=C1OC(c2ccc([N+](=O)[O-])cc2)=N/C1=C\c1ccc(Cl)cc1. The van der Waals surface area contributed by atoms with Crippen LogP contribution in [0.1, 0.15) is 11.1 Å². The third kappa shape index (κ3) is 3.27. The maximum absolute atomic E-state index is 11.9. The summed E-state index contributed by atoms with van der Waals surface area (Å²) in [5.74, 6) is -0.460. The van der Waals surface area contributed by atoms with Gasteiger partial charge in [0.15, 0.2) is 5.70 Å². The minimum atomic E-state index is -0.576. The monoisotopic (exact) mass is 328 g/mol. The minimum absolute atomic E-state index is 0.0457. The molecule has 3 rings (SSSR count). The fraction of sp³-hybridized carbons (Fsp3) is 0. The first-order valence-corrected chi connectivity index (χ1v) is 6.94. The molecule has 0 radical (unpaired) electrons. The van der Waals surface area contributed by atoms with Crippen molar-refractivity contribution in [3.05, 3.63) is 80.5 Å². The Labute approximate surface area is 135 Å². The van der Waals surface area contributed by atoms with Gasteiger partial charge in [-0.1, -0.05) is 23.7 Å². The second-order valence-corrected chi connectivity index (χ2v) is 5.13. The summed E-state index contributed by atoms with van der Waals surface area (Å²) in [6.45, 7) is 0. The standard InChI is InChI=1S/C16H9ClN2O4/c17-12-5-1-10(2-6-12)9-14-16(20)23-15(18-14)11-3-7-13(8-4-11)19(21)22/h1-9H/b14-9-. The number of hydrogen-bond donors (Lipinski definition) is 0. The Morgan fingerprint density at radius 1 is 1.09 bits per heavy atom. The van der Waals surface area contributed by atoms with Crippen LogP contribution >= 0.6 is 11.6 Å². The molecule has 0 aliphatic carbocycles. The number of carbonyl (C=O) groups excluding carboxylic acids is 1. The molecule has 1 aliphatic rings. The maximum Gasteiger partial charge on any atom is 0.363 e. The predicted octanol–water partition coefficient (Wildman–Crippen LogP) is 3.59. The van der Waals surface area contributed by atoms with Crippen molar-refractivity contribution in [2.24, 2.45) is 4.99 Å². The van der Waals surface area contributed by atoms with Crippen LogP contribution in [0.3, 0.4) is 0 Å². The van der Waals surface area contributed by atoms with E-state index < -0.39 is 10.9 Å². The van der Waals surface area contributed by atoms with E-state index in [9.17, 15) is 14.9 Å². The molecule has 0 amide bonds. The van der Waals surface area contributed by atoms with Crippen molar-refractivity contribution in [3.63, 3.8) is 0 Å². The van der Waals surface area contributed by atoms with E-state index >= 15 is 0 Å². The lowest BCUT2D eigenvalue weighted by Gasteiger charge is -1.98. The molecule has 0 saturated carbocycles. The molecule has 0 saturated heterocycles. The first kappa shape index (κ1) is 14.9. The smallest absolute Gasteiger partial charge is 0.363 e. The van der Waals surface area contributed by atoms with Gasteiger partial charge < -0.3 is 4.74 Å². The number of benzene rings is 2. The molecule has 2 aromatic rings. The summed E-state index contributed by atoms with van der Waals surface area (Å²) in [6, 6.07) is 12.5. The number of hydrogen-bond acceptors (Lipinski definition) is 5. The zero-order chi connectivity index (χ0) is 16.4. The molecule has 0 unspecified atom stereocenters. The molecule has 0 bridgehead atoms. The molecule has 7 heteroatoms. The van der Waals surface area contributed by atoms with Crippen LogP contribution in [0.25, 0.3) is 6.08 Å². The number of carbonyl (C=O) groups is 1. The van der Waals surface area contributed by atoms with Gasteiger partial charge in [0.1, 0.15) is 0 Å². The molecule has 23 heavy (non-hydrogen) atoms. The number of ether oxygens (including phenoxy) is 1. The van der Waals surface area contributed by atoms with Gasteiger partial charge in [-0.15, -0.1) is 0 Å². The highest BCUT2D eigenvalue weighted by Crippen LogP contribution is 2.21. The fourth-order valence-electron chi connectivity index (χ4n) is 1.98. The summed E-state index contributed by atoms with van der Waals surface area (Å²) in [6.07, 6.45) is 1.58. The van der Waals surface area contributed by atoms with Crippen molar-refractivity contribution in [1.29, 1.82) is 0 Å². The Kier molecular flexibility index (Phi) is 3.91.